The normalized spacial score (nSPS) is 14.6. The average Bonchev–Trinajstić information content (AvgIpc) is 3.36. The number of aliphatic hydroxyl groups is 1. The van der Waals surface area contributed by atoms with Gasteiger partial charge in [-0.25, -0.2) is 0 Å². The molecule has 5 nitrogen and oxygen atoms in total. The summed E-state index contributed by atoms with van der Waals surface area (Å²) in [6.07, 6.45) is 1.34. The summed E-state index contributed by atoms with van der Waals surface area (Å²) in [4.78, 5) is 5.21. The van der Waals surface area contributed by atoms with Crippen molar-refractivity contribution in [2.45, 2.75) is 18.9 Å². The summed E-state index contributed by atoms with van der Waals surface area (Å²) < 4.78 is 6.75. The van der Waals surface area contributed by atoms with E-state index in [1.807, 2.05) is 12.1 Å². The van der Waals surface area contributed by atoms with Crippen molar-refractivity contribution < 1.29 is 9.84 Å². The van der Waals surface area contributed by atoms with Crippen LogP contribution in [0, 0.1) is 0 Å². The molecule has 2 heterocycles. The molecule has 0 amide bonds. The van der Waals surface area contributed by atoms with Crippen LogP contribution in [0.15, 0.2) is 53.5 Å². The first-order valence-electron chi connectivity index (χ1n) is 9.58. The Morgan fingerprint density at radius 3 is 2.96 bits per heavy atom. The van der Waals surface area contributed by atoms with Crippen molar-refractivity contribution in [1.82, 2.24) is 10.6 Å². The number of guanidine groups is 1. The first-order chi connectivity index (χ1) is 13.7. The molecule has 1 aromatic heterocycles. The number of rotatable bonds is 6. The SMILES string of the molecule is CN=C(NCCc1ccc2c(c1)CCO2)NCC(O)c1cc2ccccc2s1. The third-order valence-electron chi connectivity index (χ3n) is 4.92. The zero-order valence-corrected chi connectivity index (χ0v) is 16.8. The number of thiophene rings is 1. The number of hydrogen-bond donors (Lipinski definition) is 3. The van der Waals surface area contributed by atoms with E-state index in [0.717, 1.165) is 36.6 Å². The van der Waals surface area contributed by atoms with Gasteiger partial charge in [0, 0.05) is 36.1 Å². The molecule has 4 rings (SSSR count). The molecule has 146 valence electrons. The molecule has 1 unspecified atom stereocenters. The topological polar surface area (TPSA) is 65.9 Å². The van der Waals surface area contributed by atoms with Gasteiger partial charge in [-0.3, -0.25) is 4.99 Å². The third kappa shape index (κ3) is 4.29. The van der Waals surface area contributed by atoms with Gasteiger partial charge < -0.3 is 20.5 Å². The van der Waals surface area contributed by atoms with E-state index in [1.165, 1.54) is 21.2 Å². The first kappa shape index (κ1) is 18.8. The predicted molar refractivity (Wildman–Crippen MR) is 115 cm³/mol. The van der Waals surface area contributed by atoms with Crippen LogP contribution in [0.5, 0.6) is 5.75 Å². The van der Waals surface area contributed by atoms with E-state index < -0.39 is 6.10 Å². The zero-order valence-electron chi connectivity index (χ0n) is 15.9. The van der Waals surface area contributed by atoms with Gasteiger partial charge in [0.2, 0.25) is 0 Å². The number of nitrogens with one attached hydrogen (secondary N) is 2. The van der Waals surface area contributed by atoms with Gasteiger partial charge in [0.25, 0.3) is 0 Å². The number of aliphatic imine (C=N–C) groups is 1. The minimum absolute atomic E-state index is 0.419. The smallest absolute Gasteiger partial charge is 0.191 e. The van der Waals surface area contributed by atoms with Gasteiger partial charge in [-0.05, 0) is 41.1 Å². The van der Waals surface area contributed by atoms with Crippen molar-refractivity contribution >= 4 is 27.4 Å². The maximum Gasteiger partial charge on any atom is 0.191 e. The van der Waals surface area contributed by atoms with Crippen LogP contribution in [0.3, 0.4) is 0 Å². The fraction of sp³-hybridized carbons (Fsp3) is 0.318. The molecule has 28 heavy (non-hydrogen) atoms. The molecular formula is C22H25N3O2S. The molecule has 3 aromatic rings. The maximum atomic E-state index is 10.5. The third-order valence-corrected chi connectivity index (χ3v) is 6.14. The van der Waals surface area contributed by atoms with Crippen LogP contribution in [0.1, 0.15) is 22.1 Å². The van der Waals surface area contributed by atoms with Crippen molar-refractivity contribution in [3.63, 3.8) is 0 Å². The summed E-state index contributed by atoms with van der Waals surface area (Å²) in [6, 6.07) is 16.7. The molecule has 0 spiro atoms. The molecule has 1 atom stereocenters. The Labute approximate surface area is 169 Å². The highest BCUT2D eigenvalue weighted by Crippen LogP contribution is 2.29. The summed E-state index contributed by atoms with van der Waals surface area (Å²) in [5, 5.41) is 18.2. The molecule has 0 saturated carbocycles. The Kier molecular flexibility index (Phi) is 5.78. The Balaban J connectivity index is 1.26. The van der Waals surface area contributed by atoms with Crippen molar-refractivity contribution in [2.24, 2.45) is 4.99 Å². The second-order valence-corrected chi connectivity index (χ2v) is 7.99. The van der Waals surface area contributed by atoms with E-state index in [-0.39, 0.29) is 0 Å². The van der Waals surface area contributed by atoms with Gasteiger partial charge in [-0.2, -0.15) is 0 Å². The van der Waals surface area contributed by atoms with E-state index in [4.69, 9.17) is 4.74 Å². The molecule has 0 bridgehead atoms. The zero-order chi connectivity index (χ0) is 19.3. The molecule has 0 saturated heterocycles. The lowest BCUT2D eigenvalue weighted by Gasteiger charge is -2.14. The van der Waals surface area contributed by atoms with Crippen molar-refractivity contribution in [1.29, 1.82) is 0 Å². The Bertz CT molecular complexity index is 950. The fourth-order valence-electron chi connectivity index (χ4n) is 3.40. The molecule has 1 aliphatic heterocycles. The van der Waals surface area contributed by atoms with Gasteiger partial charge in [0.15, 0.2) is 5.96 Å². The summed E-state index contributed by atoms with van der Waals surface area (Å²) in [5.74, 6) is 1.72. The molecule has 2 aromatic carbocycles. The van der Waals surface area contributed by atoms with E-state index in [9.17, 15) is 5.11 Å². The van der Waals surface area contributed by atoms with Gasteiger partial charge >= 0.3 is 0 Å². The minimum atomic E-state index is -0.562. The van der Waals surface area contributed by atoms with Crippen LogP contribution in [0.25, 0.3) is 10.1 Å². The van der Waals surface area contributed by atoms with Gasteiger partial charge in [-0.15, -0.1) is 11.3 Å². The van der Waals surface area contributed by atoms with Crippen molar-refractivity contribution in [2.75, 3.05) is 26.7 Å². The molecule has 0 fully saturated rings. The number of ether oxygens (including phenoxy) is 1. The van der Waals surface area contributed by atoms with Gasteiger partial charge in [0.05, 0.1) is 6.61 Å². The largest absolute Gasteiger partial charge is 0.493 e. The van der Waals surface area contributed by atoms with Crippen molar-refractivity contribution in [3.05, 3.63) is 64.5 Å². The highest BCUT2D eigenvalue weighted by atomic mass is 32.1. The maximum absolute atomic E-state index is 10.5. The van der Waals surface area contributed by atoms with E-state index in [1.54, 1.807) is 18.4 Å². The lowest BCUT2D eigenvalue weighted by atomic mass is 10.1. The monoisotopic (exact) mass is 395 g/mol. The number of aliphatic hydroxyl groups excluding tert-OH is 1. The van der Waals surface area contributed by atoms with Gasteiger partial charge in [-0.1, -0.05) is 30.3 Å². The second-order valence-electron chi connectivity index (χ2n) is 6.87. The Morgan fingerprint density at radius 2 is 2.11 bits per heavy atom. The lowest BCUT2D eigenvalue weighted by molar-refractivity contribution is 0.184. The fourth-order valence-corrected chi connectivity index (χ4v) is 4.45. The molecule has 6 heteroatoms. The highest BCUT2D eigenvalue weighted by Gasteiger charge is 2.13. The summed E-state index contributed by atoms with van der Waals surface area (Å²) >= 11 is 1.63. The van der Waals surface area contributed by atoms with Gasteiger partial charge in [0.1, 0.15) is 11.9 Å². The standard InChI is InChI=1S/C22H25N3O2S/c1-23-22(24-10-8-15-6-7-19-16(12-15)9-11-27-19)25-14-18(26)21-13-17-4-2-3-5-20(17)28-21/h2-7,12-13,18,26H,8-11,14H2,1H3,(H2,23,24,25). The van der Waals surface area contributed by atoms with Crippen LogP contribution < -0.4 is 15.4 Å². The van der Waals surface area contributed by atoms with Crippen LogP contribution in [-0.2, 0) is 12.8 Å². The molecule has 0 radical (unpaired) electrons. The number of benzene rings is 2. The first-order valence-corrected chi connectivity index (χ1v) is 10.4. The number of fused-ring (bicyclic) bond motifs is 2. The summed E-state index contributed by atoms with van der Waals surface area (Å²) in [5.41, 5.74) is 2.59. The highest BCUT2D eigenvalue weighted by molar-refractivity contribution is 7.19. The second kappa shape index (κ2) is 8.63. The molecule has 0 aliphatic carbocycles. The molecular weight excluding hydrogens is 370 g/mol. The van der Waals surface area contributed by atoms with E-state index in [0.29, 0.717) is 12.5 Å². The Hall–Kier alpha value is -2.57. The Morgan fingerprint density at radius 1 is 1.21 bits per heavy atom. The number of hydrogen-bond acceptors (Lipinski definition) is 4. The summed E-state index contributed by atoms with van der Waals surface area (Å²) in [6.45, 7) is 1.98. The number of nitrogens with zero attached hydrogens (tertiary/aromatic N) is 1. The van der Waals surface area contributed by atoms with Crippen molar-refractivity contribution in [3.8, 4) is 5.75 Å². The quantitative estimate of drug-likeness (QED) is 0.443. The summed E-state index contributed by atoms with van der Waals surface area (Å²) in [7, 11) is 1.74. The van der Waals surface area contributed by atoms with E-state index >= 15 is 0 Å². The molecule has 1 aliphatic rings. The molecule has 3 N–H and O–H groups in total. The average molecular weight is 396 g/mol. The van der Waals surface area contributed by atoms with Crippen LogP contribution in [-0.4, -0.2) is 37.8 Å². The van der Waals surface area contributed by atoms with E-state index in [2.05, 4.69) is 52.0 Å². The lowest BCUT2D eigenvalue weighted by Crippen LogP contribution is -2.40. The van der Waals surface area contributed by atoms with Crippen LogP contribution in [0.2, 0.25) is 0 Å². The van der Waals surface area contributed by atoms with Crippen LogP contribution in [0.4, 0.5) is 0 Å². The predicted octanol–water partition coefficient (Wildman–Crippen LogP) is 3.28. The van der Waals surface area contributed by atoms with Crippen LogP contribution >= 0.6 is 11.3 Å². The minimum Gasteiger partial charge on any atom is -0.493 e.